The predicted octanol–water partition coefficient (Wildman–Crippen LogP) is 2.75. The third-order valence-electron chi connectivity index (χ3n) is 4.56. The minimum atomic E-state index is -3.93. The van der Waals surface area contributed by atoms with Crippen molar-refractivity contribution >= 4 is 44.8 Å². The largest absolute Gasteiger partial charge is 0.504 e. The van der Waals surface area contributed by atoms with Crippen molar-refractivity contribution in [1.29, 1.82) is 0 Å². The molecule has 0 spiro atoms. The van der Waals surface area contributed by atoms with Gasteiger partial charge in [0.1, 0.15) is 4.90 Å². The van der Waals surface area contributed by atoms with Gasteiger partial charge in [0.15, 0.2) is 15.6 Å². The van der Waals surface area contributed by atoms with Crippen molar-refractivity contribution in [2.45, 2.75) is 48.0 Å². The highest BCUT2D eigenvalue weighted by molar-refractivity contribution is 7.92. The number of amides is 2. The summed E-state index contributed by atoms with van der Waals surface area (Å²) in [4.78, 5) is 11.7. The number of anilines is 1. The second-order valence-corrected chi connectivity index (χ2v) is 9.39. The number of aromatic hydroxyl groups is 1. The van der Waals surface area contributed by atoms with Crippen molar-refractivity contribution in [3.05, 3.63) is 28.3 Å². The minimum Gasteiger partial charge on any atom is -0.504 e. The Kier molecular flexibility index (Phi) is 5.39. The number of phenolic OH excluding ortho intramolecular Hbond substituents is 1. The number of sulfone groups is 1. The number of aliphatic hydroxyl groups excluding tert-OH is 1. The van der Waals surface area contributed by atoms with Crippen LogP contribution in [0.4, 0.5) is 10.5 Å². The van der Waals surface area contributed by atoms with Gasteiger partial charge in [0.25, 0.3) is 0 Å². The number of allylic oxidation sites excluding steroid dienone is 1. The number of phenols is 1. The van der Waals surface area contributed by atoms with E-state index in [2.05, 4.69) is 10.6 Å². The molecule has 0 bridgehead atoms. The van der Waals surface area contributed by atoms with Gasteiger partial charge < -0.3 is 20.8 Å². The van der Waals surface area contributed by atoms with Crippen LogP contribution in [0, 0.1) is 0 Å². The summed E-state index contributed by atoms with van der Waals surface area (Å²) in [6.07, 6.45) is 2.73. The molecule has 3 rings (SSSR count). The molecule has 7 nitrogen and oxygen atoms in total. The Morgan fingerprint density at radius 2 is 1.92 bits per heavy atom. The first-order chi connectivity index (χ1) is 12.2. The number of carbonyl (C=O) groups excluding carboxylic acids is 1. The molecule has 0 aliphatic heterocycles. The monoisotopic (exact) mass is 420 g/mol. The number of aliphatic hydroxyl groups is 1. The average Bonchev–Trinajstić information content (AvgIpc) is 2.92. The van der Waals surface area contributed by atoms with Crippen molar-refractivity contribution in [3.8, 4) is 5.75 Å². The maximum atomic E-state index is 12.7. The fourth-order valence-electron chi connectivity index (χ4n) is 3.00. The Balaban J connectivity index is 1.81. The van der Waals surface area contributed by atoms with Crippen LogP contribution in [0.1, 0.15) is 25.7 Å². The van der Waals surface area contributed by atoms with Gasteiger partial charge in [0.2, 0.25) is 0 Å². The van der Waals surface area contributed by atoms with Crippen molar-refractivity contribution in [2.75, 3.05) is 5.32 Å². The number of hydrogen-bond acceptors (Lipinski definition) is 5. The molecule has 0 aromatic heterocycles. The average molecular weight is 421 g/mol. The normalized spacial score (nSPS) is 25.3. The van der Waals surface area contributed by atoms with Gasteiger partial charge >= 0.3 is 6.03 Å². The Morgan fingerprint density at radius 3 is 2.50 bits per heavy atom. The molecule has 10 heteroatoms. The smallest absolute Gasteiger partial charge is 0.319 e. The first kappa shape index (κ1) is 19.3. The quantitative estimate of drug-likeness (QED) is 0.558. The zero-order valence-corrected chi connectivity index (χ0v) is 15.9. The predicted molar refractivity (Wildman–Crippen MR) is 98.4 cm³/mol. The van der Waals surface area contributed by atoms with Crippen LogP contribution in [0.3, 0.4) is 0 Å². The lowest BCUT2D eigenvalue weighted by molar-refractivity contribution is 0.0976. The minimum absolute atomic E-state index is 0.0801. The molecule has 142 valence electrons. The van der Waals surface area contributed by atoms with Crippen LogP contribution in [0.2, 0.25) is 5.02 Å². The number of urea groups is 1. The number of rotatable bonds is 4. The number of hydrogen-bond donors (Lipinski definition) is 4. The highest BCUT2D eigenvalue weighted by Crippen LogP contribution is 2.42. The molecule has 26 heavy (non-hydrogen) atoms. The molecule has 1 unspecified atom stereocenters. The zero-order valence-electron chi connectivity index (χ0n) is 13.6. The fraction of sp³-hybridized carbons (Fsp3) is 0.438. The Morgan fingerprint density at radius 1 is 1.23 bits per heavy atom. The standard InChI is InChI=1S/C16H18Cl2N2O5S/c17-10-2-1-3-12(10)19-16(23)20-13-5-4-11(18)15(14(13)22)26(24,25)9-6-8(21)7-9/h2,4-5,8-9,12,21-22H,1,3,6-7H2,(H2,19,20,23). The fourth-order valence-corrected chi connectivity index (χ4v) is 5.75. The van der Waals surface area contributed by atoms with E-state index in [4.69, 9.17) is 23.2 Å². The molecule has 4 N–H and O–H groups in total. The van der Waals surface area contributed by atoms with E-state index in [-0.39, 0.29) is 29.6 Å². The van der Waals surface area contributed by atoms with Gasteiger partial charge in [-0.15, -0.1) is 0 Å². The van der Waals surface area contributed by atoms with Crippen molar-refractivity contribution in [3.63, 3.8) is 0 Å². The Labute approximate surface area is 160 Å². The number of benzene rings is 1. The van der Waals surface area contributed by atoms with Crippen LogP contribution < -0.4 is 10.6 Å². The van der Waals surface area contributed by atoms with E-state index in [9.17, 15) is 23.4 Å². The molecule has 1 aromatic rings. The summed E-state index contributed by atoms with van der Waals surface area (Å²) in [5.74, 6) is -0.623. The van der Waals surface area contributed by atoms with E-state index in [1.54, 1.807) is 0 Å². The van der Waals surface area contributed by atoms with Gasteiger partial charge in [-0.05, 0) is 37.8 Å². The summed E-state index contributed by atoms with van der Waals surface area (Å²) >= 11 is 12.0. The lowest BCUT2D eigenvalue weighted by Crippen LogP contribution is -2.39. The van der Waals surface area contributed by atoms with Gasteiger partial charge in [0, 0.05) is 5.03 Å². The lowest BCUT2D eigenvalue weighted by Gasteiger charge is -2.31. The van der Waals surface area contributed by atoms with E-state index < -0.39 is 37.9 Å². The maximum absolute atomic E-state index is 12.7. The second-order valence-electron chi connectivity index (χ2n) is 6.38. The first-order valence-electron chi connectivity index (χ1n) is 8.06. The van der Waals surface area contributed by atoms with Gasteiger partial charge in [-0.1, -0.05) is 29.3 Å². The summed E-state index contributed by atoms with van der Waals surface area (Å²) in [5.41, 5.74) is -0.0801. The maximum Gasteiger partial charge on any atom is 0.319 e. The molecule has 0 heterocycles. The van der Waals surface area contributed by atoms with Crippen molar-refractivity contribution in [1.82, 2.24) is 5.32 Å². The van der Waals surface area contributed by atoms with Crippen molar-refractivity contribution in [2.24, 2.45) is 0 Å². The molecule has 1 saturated carbocycles. The van der Waals surface area contributed by atoms with Crippen LogP contribution in [-0.2, 0) is 9.84 Å². The molecule has 1 aromatic carbocycles. The topological polar surface area (TPSA) is 116 Å². The zero-order chi connectivity index (χ0) is 19.1. The van der Waals surface area contributed by atoms with Crippen LogP contribution in [-0.4, -0.2) is 42.1 Å². The summed E-state index contributed by atoms with van der Waals surface area (Å²) in [7, 11) is -3.93. The molecule has 0 saturated heterocycles. The molecule has 2 amide bonds. The summed E-state index contributed by atoms with van der Waals surface area (Å²) in [6.45, 7) is 0. The highest BCUT2D eigenvalue weighted by atomic mass is 35.5. The lowest BCUT2D eigenvalue weighted by atomic mass is 9.96. The molecule has 1 atom stereocenters. The van der Waals surface area contributed by atoms with Crippen LogP contribution in [0.15, 0.2) is 28.1 Å². The summed E-state index contributed by atoms with van der Waals surface area (Å²) in [5, 5.41) is 24.4. The first-order valence-corrected chi connectivity index (χ1v) is 10.4. The van der Waals surface area contributed by atoms with Gasteiger partial charge in [0.05, 0.1) is 28.1 Å². The molecule has 2 aliphatic rings. The van der Waals surface area contributed by atoms with E-state index in [0.29, 0.717) is 11.5 Å². The van der Waals surface area contributed by atoms with Gasteiger partial charge in [-0.25, -0.2) is 13.2 Å². The number of nitrogens with one attached hydrogen (secondary N) is 2. The van der Waals surface area contributed by atoms with E-state index in [1.807, 2.05) is 6.08 Å². The summed E-state index contributed by atoms with van der Waals surface area (Å²) in [6, 6.07) is 1.67. The summed E-state index contributed by atoms with van der Waals surface area (Å²) < 4.78 is 25.3. The molecule has 1 fully saturated rings. The van der Waals surface area contributed by atoms with E-state index in [0.717, 1.165) is 6.42 Å². The van der Waals surface area contributed by atoms with Gasteiger partial charge in [-0.3, -0.25) is 0 Å². The van der Waals surface area contributed by atoms with Crippen LogP contribution in [0.5, 0.6) is 5.75 Å². The van der Waals surface area contributed by atoms with Gasteiger partial charge in [-0.2, -0.15) is 0 Å². The number of halogens is 2. The molecular weight excluding hydrogens is 403 g/mol. The van der Waals surface area contributed by atoms with E-state index in [1.165, 1.54) is 12.1 Å². The van der Waals surface area contributed by atoms with Crippen LogP contribution >= 0.6 is 23.2 Å². The number of carbonyl (C=O) groups is 1. The second kappa shape index (κ2) is 7.26. The van der Waals surface area contributed by atoms with Crippen LogP contribution in [0.25, 0.3) is 0 Å². The highest BCUT2D eigenvalue weighted by Gasteiger charge is 2.41. The molecular formula is C16H18Cl2N2O5S. The third-order valence-corrected chi connectivity index (χ3v) is 7.65. The molecule has 0 radical (unpaired) electrons. The van der Waals surface area contributed by atoms with Crippen molar-refractivity contribution < 1.29 is 23.4 Å². The Hall–Kier alpha value is -1.48. The Bertz CT molecular complexity index is 866. The molecule has 2 aliphatic carbocycles. The SMILES string of the molecule is O=C(Nc1ccc(Cl)c(S(=O)(=O)C2CC(O)C2)c1O)NC1CCC=C1Cl. The van der Waals surface area contributed by atoms with E-state index >= 15 is 0 Å². The third kappa shape index (κ3) is 3.64.